The molecule has 0 unspecified atom stereocenters. The summed E-state index contributed by atoms with van der Waals surface area (Å²) < 4.78 is 43.3. The number of carbonyl (C=O) groups is 1. The van der Waals surface area contributed by atoms with Gasteiger partial charge in [0.2, 0.25) is 5.82 Å². The molecule has 12 heteroatoms. The highest BCUT2D eigenvalue weighted by Gasteiger charge is 2.38. The number of carbonyl (C=O) groups excluding carboxylic acids is 1. The molecule has 0 fully saturated rings. The van der Waals surface area contributed by atoms with E-state index in [4.69, 9.17) is 4.84 Å². The van der Waals surface area contributed by atoms with Crippen molar-refractivity contribution in [3.8, 4) is 10.7 Å². The lowest BCUT2D eigenvalue weighted by Crippen LogP contribution is -2.24. The number of rotatable bonds is 6. The number of nitrogens with zero attached hydrogens (tertiary/aromatic N) is 4. The number of amides is 1. The second-order valence-corrected chi connectivity index (χ2v) is 6.12. The van der Waals surface area contributed by atoms with Crippen LogP contribution >= 0.6 is 11.3 Å². The third-order valence-corrected chi connectivity index (χ3v) is 4.12. The van der Waals surface area contributed by atoms with E-state index in [1.807, 2.05) is 0 Å². The molecule has 0 aliphatic heterocycles. The second-order valence-electron chi connectivity index (χ2n) is 4.95. The van der Waals surface area contributed by atoms with Crippen LogP contribution in [0.1, 0.15) is 28.2 Å². The lowest BCUT2D eigenvalue weighted by molar-refractivity contribution is -0.159. The van der Waals surface area contributed by atoms with E-state index in [0.717, 1.165) is 4.88 Å². The van der Waals surface area contributed by atoms with Crippen LogP contribution in [0.5, 0.6) is 0 Å². The Bertz CT molecular complexity index is 902. The number of hydrogen-bond acceptors (Lipinski definition) is 7. The molecule has 0 spiro atoms. The maximum absolute atomic E-state index is 12.5. The monoisotopic (exact) mass is 387 g/mol. The molecule has 0 bridgehead atoms. The largest absolute Gasteiger partial charge is 0.471 e. The van der Waals surface area contributed by atoms with Gasteiger partial charge < -0.3 is 4.52 Å². The Morgan fingerprint density at radius 3 is 2.88 bits per heavy atom. The standard InChI is InChI=1S/C14H12F3N5O3S/c1-2-24-21-12(23)9-5-6-22(19-9)7-8-3-4-10(26-8)11-18-13(25-20-11)14(15,16)17/h3-6H,2,7H2,1H3,(H,21,23). The molecule has 0 saturated carbocycles. The molecule has 3 heterocycles. The number of alkyl halides is 3. The summed E-state index contributed by atoms with van der Waals surface area (Å²) in [7, 11) is 0. The van der Waals surface area contributed by atoms with Gasteiger partial charge in [0, 0.05) is 11.1 Å². The third kappa shape index (κ3) is 4.08. The molecule has 0 radical (unpaired) electrons. The van der Waals surface area contributed by atoms with Crippen molar-refractivity contribution in [3.63, 3.8) is 0 Å². The van der Waals surface area contributed by atoms with Gasteiger partial charge in [-0.1, -0.05) is 5.16 Å². The Balaban J connectivity index is 1.68. The SMILES string of the molecule is CCONC(=O)c1ccn(Cc2ccc(-c3noc(C(F)(F)F)n3)s2)n1. The van der Waals surface area contributed by atoms with E-state index in [1.165, 1.54) is 22.1 Å². The summed E-state index contributed by atoms with van der Waals surface area (Å²) >= 11 is 1.20. The van der Waals surface area contributed by atoms with Gasteiger partial charge in [-0.25, -0.2) is 5.48 Å². The summed E-state index contributed by atoms with van der Waals surface area (Å²) in [4.78, 5) is 21.1. The van der Waals surface area contributed by atoms with Crippen molar-refractivity contribution in [2.24, 2.45) is 0 Å². The van der Waals surface area contributed by atoms with Gasteiger partial charge in [-0.15, -0.1) is 11.3 Å². The fourth-order valence-corrected chi connectivity index (χ4v) is 2.87. The lowest BCUT2D eigenvalue weighted by Gasteiger charge is -2.00. The van der Waals surface area contributed by atoms with E-state index in [2.05, 4.69) is 25.2 Å². The minimum absolute atomic E-state index is 0.133. The summed E-state index contributed by atoms with van der Waals surface area (Å²) in [5, 5.41) is 7.45. The summed E-state index contributed by atoms with van der Waals surface area (Å²) in [5.41, 5.74) is 2.42. The molecule has 0 saturated heterocycles. The van der Waals surface area contributed by atoms with Crippen LogP contribution in [0.15, 0.2) is 28.9 Å². The summed E-state index contributed by atoms with van der Waals surface area (Å²) in [6, 6.07) is 4.83. The Labute approximate surface area is 148 Å². The van der Waals surface area contributed by atoms with Gasteiger partial charge in [0.25, 0.3) is 5.91 Å². The maximum Gasteiger partial charge on any atom is 0.471 e. The van der Waals surface area contributed by atoms with Crippen LogP contribution in [-0.4, -0.2) is 32.4 Å². The molecule has 138 valence electrons. The van der Waals surface area contributed by atoms with Crippen molar-refractivity contribution in [2.45, 2.75) is 19.6 Å². The number of aromatic nitrogens is 4. The Kier molecular flexibility index (Phi) is 5.04. The van der Waals surface area contributed by atoms with Crippen molar-refractivity contribution >= 4 is 17.2 Å². The van der Waals surface area contributed by atoms with E-state index in [9.17, 15) is 18.0 Å². The van der Waals surface area contributed by atoms with Crippen molar-refractivity contribution in [1.29, 1.82) is 0 Å². The summed E-state index contributed by atoms with van der Waals surface area (Å²) in [6.45, 7) is 2.39. The smallest absolute Gasteiger partial charge is 0.329 e. The van der Waals surface area contributed by atoms with Gasteiger partial charge in [0.1, 0.15) is 0 Å². The molecule has 8 nitrogen and oxygen atoms in total. The Morgan fingerprint density at radius 2 is 2.19 bits per heavy atom. The molecular formula is C14H12F3N5O3S. The van der Waals surface area contributed by atoms with Gasteiger partial charge >= 0.3 is 12.1 Å². The zero-order chi connectivity index (χ0) is 18.7. The normalized spacial score (nSPS) is 11.7. The van der Waals surface area contributed by atoms with E-state index in [-0.39, 0.29) is 11.5 Å². The first-order valence-corrected chi connectivity index (χ1v) is 8.14. The van der Waals surface area contributed by atoms with Gasteiger partial charge in [-0.2, -0.15) is 23.3 Å². The Hall–Kier alpha value is -2.73. The Morgan fingerprint density at radius 1 is 1.38 bits per heavy atom. The van der Waals surface area contributed by atoms with Gasteiger partial charge in [-0.3, -0.25) is 14.3 Å². The van der Waals surface area contributed by atoms with Crippen LogP contribution in [0.25, 0.3) is 10.7 Å². The predicted molar refractivity (Wildman–Crippen MR) is 83.0 cm³/mol. The molecule has 0 atom stereocenters. The first-order chi connectivity index (χ1) is 12.4. The molecule has 1 amide bonds. The van der Waals surface area contributed by atoms with Crippen molar-refractivity contribution in [3.05, 3.63) is 40.9 Å². The molecule has 3 aromatic rings. The molecule has 3 rings (SSSR count). The highest BCUT2D eigenvalue weighted by molar-refractivity contribution is 7.15. The molecule has 0 aliphatic carbocycles. The van der Waals surface area contributed by atoms with Crippen LogP contribution in [0.4, 0.5) is 13.2 Å². The zero-order valence-electron chi connectivity index (χ0n) is 13.3. The first kappa shape index (κ1) is 18.1. The summed E-state index contributed by atoms with van der Waals surface area (Å²) in [5.74, 6) is -1.99. The van der Waals surface area contributed by atoms with E-state index < -0.39 is 18.0 Å². The predicted octanol–water partition coefficient (Wildman–Crippen LogP) is 2.74. The second kappa shape index (κ2) is 7.25. The average molecular weight is 387 g/mol. The molecular weight excluding hydrogens is 375 g/mol. The number of hydrogen-bond donors (Lipinski definition) is 1. The molecule has 3 aromatic heterocycles. The molecule has 0 aromatic carbocycles. The lowest BCUT2D eigenvalue weighted by atomic mass is 10.4. The maximum atomic E-state index is 12.5. The van der Waals surface area contributed by atoms with Gasteiger partial charge in [0.15, 0.2) is 5.69 Å². The molecule has 26 heavy (non-hydrogen) atoms. The number of thiophene rings is 1. The molecule has 1 N–H and O–H groups in total. The minimum Gasteiger partial charge on any atom is -0.329 e. The average Bonchev–Trinajstić information content (AvgIpc) is 3.31. The summed E-state index contributed by atoms with van der Waals surface area (Å²) in [6.07, 6.45) is -3.07. The van der Waals surface area contributed by atoms with E-state index in [1.54, 1.807) is 25.3 Å². The first-order valence-electron chi connectivity index (χ1n) is 7.32. The number of halogens is 3. The van der Waals surface area contributed by atoms with Gasteiger partial charge in [-0.05, 0) is 25.1 Å². The van der Waals surface area contributed by atoms with Crippen LogP contribution in [0.2, 0.25) is 0 Å². The van der Waals surface area contributed by atoms with Crippen LogP contribution in [-0.2, 0) is 17.6 Å². The quantitative estimate of drug-likeness (QED) is 0.654. The van der Waals surface area contributed by atoms with Crippen LogP contribution < -0.4 is 5.48 Å². The van der Waals surface area contributed by atoms with Crippen molar-refractivity contribution in [2.75, 3.05) is 6.61 Å². The van der Waals surface area contributed by atoms with Crippen LogP contribution in [0, 0.1) is 0 Å². The van der Waals surface area contributed by atoms with Crippen molar-refractivity contribution < 1.29 is 27.3 Å². The van der Waals surface area contributed by atoms with Crippen molar-refractivity contribution in [1.82, 2.24) is 25.4 Å². The van der Waals surface area contributed by atoms with E-state index >= 15 is 0 Å². The van der Waals surface area contributed by atoms with Gasteiger partial charge in [0.05, 0.1) is 18.0 Å². The number of nitrogens with one attached hydrogen (secondary N) is 1. The highest BCUT2D eigenvalue weighted by atomic mass is 32.1. The van der Waals surface area contributed by atoms with E-state index in [0.29, 0.717) is 18.0 Å². The number of hydroxylamine groups is 1. The fraction of sp³-hybridized carbons (Fsp3) is 0.286. The van der Waals surface area contributed by atoms with Crippen LogP contribution in [0.3, 0.4) is 0 Å². The zero-order valence-corrected chi connectivity index (χ0v) is 14.1. The third-order valence-electron chi connectivity index (χ3n) is 3.05. The highest BCUT2D eigenvalue weighted by Crippen LogP contribution is 2.31. The topological polar surface area (TPSA) is 95.1 Å². The fourth-order valence-electron chi connectivity index (χ4n) is 1.94. The minimum atomic E-state index is -4.68. The molecule has 0 aliphatic rings.